The third kappa shape index (κ3) is 7.45. The second-order valence-electron chi connectivity index (χ2n) is 9.51. The summed E-state index contributed by atoms with van der Waals surface area (Å²) in [4.78, 5) is 4.40. The van der Waals surface area contributed by atoms with E-state index in [0.717, 1.165) is 24.4 Å². The Balaban J connectivity index is 1.64. The molecule has 2 unspecified atom stereocenters. The van der Waals surface area contributed by atoms with Gasteiger partial charge in [0.25, 0.3) is 0 Å². The molecule has 2 aromatic carbocycles. The summed E-state index contributed by atoms with van der Waals surface area (Å²) < 4.78 is 30.1. The van der Waals surface area contributed by atoms with E-state index in [9.17, 15) is 13.5 Å². The smallest absolute Gasteiger partial charge is 0.151 e. The summed E-state index contributed by atoms with van der Waals surface area (Å²) in [6, 6.07) is 16.3. The summed E-state index contributed by atoms with van der Waals surface area (Å²) in [5, 5.41) is 10.8. The number of hydrogen-bond acceptors (Lipinski definition) is 6. The molecule has 1 N–H and O–H groups in total. The van der Waals surface area contributed by atoms with Crippen molar-refractivity contribution in [2.24, 2.45) is 0 Å². The van der Waals surface area contributed by atoms with Crippen LogP contribution >= 0.6 is 0 Å². The van der Waals surface area contributed by atoms with Crippen molar-refractivity contribution in [1.82, 2.24) is 4.90 Å². The Labute approximate surface area is 205 Å². The van der Waals surface area contributed by atoms with Crippen LogP contribution in [0, 0.1) is 0 Å². The van der Waals surface area contributed by atoms with Crippen LogP contribution in [-0.2, 0) is 16.4 Å². The van der Waals surface area contributed by atoms with E-state index in [1.165, 1.54) is 11.3 Å². The van der Waals surface area contributed by atoms with Crippen LogP contribution in [0.5, 0.6) is 5.75 Å². The molecule has 2 aromatic rings. The zero-order valence-corrected chi connectivity index (χ0v) is 21.8. The van der Waals surface area contributed by atoms with Crippen molar-refractivity contribution in [2.75, 3.05) is 42.6 Å². The van der Waals surface area contributed by atoms with Crippen molar-refractivity contribution in [3.63, 3.8) is 0 Å². The highest BCUT2D eigenvalue weighted by Gasteiger charge is 2.33. The Bertz CT molecular complexity index is 986. The lowest BCUT2D eigenvalue weighted by Gasteiger charge is -2.30. The highest BCUT2D eigenvalue weighted by molar-refractivity contribution is 7.91. The van der Waals surface area contributed by atoms with Gasteiger partial charge >= 0.3 is 0 Å². The largest absolute Gasteiger partial charge is 0.491 e. The average Bonchev–Trinajstić information content (AvgIpc) is 3.19. The summed E-state index contributed by atoms with van der Waals surface area (Å²) in [7, 11) is -3.02. The number of rotatable bonds is 12. The molecule has 1 aliphatic rings. The predicted octanol–water partition coefficient (Wildman–Crippen LogP) is 4.09. The first-order valence-corrected chi connectivity index (χ1v) is 14.2. The quantitative estimate of drug-likeness (QED) is 0.485. The second kappa shape index (κ2) is 12.0. The molecule has 0 bridgehead atoms. The number of hydrogen-bond donors (Lipinski definition) is 1. The lowest BCUT2D eigenvalue weighted by atomic mass is 10.0. The van der Waals surface area contributed by atoms with Gasteiger partial charge in [0, 0.05) is 37.9 Å². The van der Waals surface area contributed by atoms with Crippen molar-refractivity contribution in [1.29, 1.82) is 0 Å². The zero-order chi connectivity index (χ0) is 24.7. The number of benzene rings is 2. The minimum Gasteiger partial charge on any atom is -0.491 e. The van der Waals surface area contributed by atoms with Crippen molar-refractivity contribution in [2.45, 2.75) is 58.7 Å². The van der Waals surface area contributed by atoms with Crippen LogP contribution in [0.25, 0.3) is 0 Å². The molecule has 0 spiro atoms. The molecule has 0 aliphatic carbocycles. The highest BCUT2D eigenvalue weighted by Crippen LogP contribution is 2.23. The minimum atomic E-state index is -3.02. The van der Waals surface area contributed by atoms with Crippen LogP contribution in [0.4, 0.5) is 5.69 Å². The van der Waals surface area contributed by atoms with Crippen LogP contribution in [0.3, 0.4) is 0 Å². The Morgan fingerprint density at radius 3 is 2.21 bits per heavy atom. The van der Waals surface area contributed by atoms with Gasteiger partial charge in [-0.05, 0) is 61.6 Å². The molecular weight excluding hydrogens is 448 g/mol. The van der Waals surface area contributed by atoms with Gasteiger partial charge in [0.1, 0.15) is 18.5 Å². The number of aliphatic hydroxyl groups excluding tert-OH is 1. The Kier molecular flexibility index (Phi) is 9.39. The van der Waals surface area contributed by atoms with Gasteiger partial charge in [-0.25, -0.2) is 8.42 Å². The third-order valence-corrected chi connectivity index (χ3v) is 8.36. The van der Waals surface area contributed by atoms with E-state index in [0.29, 0.717) is 25.4 Å². The van der Waals surface area contributed by atoms with Crippen LogP contribution in [0.15, 0.2) is 48.5 Å². The first-order valence-electron chi connectivity index (χ1n) is 12.4. The standard InChI is InChI=1S/C27H40N2O4S/c1-5-28(6-2)24-11-7-22(8-12-24)17-29(25-15-16-34(31,32)20-25)18-26(30)19-33-27-13-9-23(10-14-27)21(3)4/h7-14,21,25-26,30H,5-6,15-20H2,1-4H3. The molecule has 7 heteroatoms. The maximum absolute atomic E-state index is 12.1. The number of anilines is 1. The number of ether oxygens (including phenoxy) is 1. The monoisotopic (exact) mass is 488 g/mol. The molecule has 188 valence electrons. The molecule has 3 rings (SSSR count). The van der Waals surface area contributed by atoms with E-state index in [1.54, 1.807) is 0 Å². The van der Waals surface area contributed by atoms with Crippen molar-refractivity contribution in [3.05, 3.63) is 59.7 Å². The molecule has 0 aromatic heterocycles. The molecule has 1 saturated heterocycles. The van der Waals surface area contributed by atoms with Crippen molar-refractivity contribution < 1.29 is 18.3 Å². The molecule has 0 saturated carbocycles. The van der Waals surface area contributed by atoms with Gasteiger partial charge in [-0.1, -0.05) is 38.1 Å². The van der Waals surface area contributed by atoms with Crippen molar-refractivity contribution in [3.8, 4) is 5.75 Å². The Hall–Kier alpha value is -2.09. The minimum absolute atomic E-state index is 0.0903. The summed E-state index contributed by atoms with van der Waals surface area (Å²) in [5.74, 6) is 1.54. The van der Waals surface area contributed by atoms with E-state index in [1.807, 2.05) is 24.3 Å². The van der Waals surface area contributed by atoms with Crippen LogP contribution < -0.4 is 9.64 Å². The van der Waals surface area contributed by atoms with Gasteiger partial charge in [0.05, 0.1) is 11.5 Å². The Morgan fingerprint density at radius 1 is 1.03 bits per heavy atom. The molecule has 2 atom stereocenters. The number of nitrogens with zero attached hydrogens (tertiary/aromatic N) is 2. The molecule has 6 nitrogen and oxygen atoms in total. The second-order valence-corrected chi connectivity index (χ2v) is 11.7. The molecule has 34 heavy (non-hydrogen) atoms. The lowest BCUT2D eigenvalue weighted by Crippen LogP contribution is -2.42. The van der Waals surface area contributed by atoms with Gasteiger partial charge in [0.2, 0.25) is 0 Å². The lowest BCUT2D eigenvalue weighted by molar-refractivity contribution is 0.0525. The van der Waals surface area contributed by atoms with Gasteiger partial charge in [0.15, 0.2) is 9.84 Å². The van der Waals surface area contributed by atoms with E-state index >= 15 is 0 Å². The van der Waals surface area contributed by atoms with Crippen molar-refractivity contribution >= 4 is 15.5 Å². The first-order chi connectivity index (χ1) is 16.2. The number of sulfone groups is 1. The van der Waals surface area contributed by atoms with Gasteiger partial charge in [-0.2, -0.15) is 0 Å². The van der Waals surface area contributed by atoms with E-state index in [2.05, 4.69) is 61.8 Å². The van der Waals surface area contributed by atoms with E-state index in [-0.39, 0.29) is 24.2 Å². The normalized spacial score (nSPS) is 18.4. The fraction of sp³-hybridized carbons (Fsp3) is 0.556. The maximum Gasteiger partial charge on any atom is 0.151 e. The summed E-state index contributed by atoms with van der Waals surface area (Å²) >= 11 is 0. The van der Waals surface area contributed by atoms with E-state index in [4.69, 9.17) is 4.74 Å². The fourth-order valence-corrected chi connectivity index (χ4v) is 6.27. The predicted molar refractivity (Wildman–Crippen MR) is 140 cm³/mol. The molecule has 0 amide bonds. The highest BCUT2D eigenvalue weighted by atomic mass is 32.2. The number of aliphatic hydroxyl groups is 1. The van der Waals surface area contributed by atoms with Gasteiger partial charge in [-0.3, -0.25) is 4.90 Å². The van der Waals surface area contributed by atoms with Crippen LogP contribution in [-0.4, -0.2) is 68.3 Å². The summed E-state index contributed by atoms with van der Waals surface area (Å²) in [6.07, 6.45) is -0.118. The molecular formula is C27H40N2O4S. The first kappa shape index (κ1) is 26.5. The summed E-state index contributed by atoms with van der Waals surface area (Å²) in [6.45, 7) is 11.6. The maximum atomic E-state index is 12.1. The van der Waals surface area contributed by atoms with Gasteiger partial charge < -0.3 is 14.7 Å². The average molecular weight is 489 g/mol. The molecule has 1 heterocycles. The summed E-state index contributed by atoms with van der Waals surface area (Å²) in [5.41, 5.74) is 3.53. The topological polar surface area (TPSA) is 70.1 Å². The zero-order valence-electron chi connectivity index (χ0n) is 21.0. The molecule has 1 fully saturated rings. The van der Waals surface area contributed by atoms with Crippen LogP contribution in [0.1, 0.15) is 51.2 Å². The SMILES string of the molecule is CCN(CC)c1ccc(CN(CC(O)COc2ccc(C(C)C)cc2)C2CCS(=O)(=O)C2)cc1. The third-order valence-electron chi connectivity index (χ3n) is 6.61. The fourth-order valence-electron chi connectivity index (χ4n) is 4.51. The molecule has 1 aliphatic heterocycles. The van der Waals surface area contributed by atoms with Crippen LogP contribution in [0.2, 0.25) is 0 Å². The van der Waals surface area contributed by atoms with Gasteiger partial charge in [-0.15, -0.1) is 0 Å². The van der Waals surface area contributed by atoms with E-state index < -0.39 is 15.9 Å². The Morgan fingerprint density at radius 2 is 1.68 bits per heavy atom. The molecule has 0 radical (unpaired) electrons.